The average molecular weight is 352 g/mol. The topological polar surface area (TPSA) is 119 Å². The first-order valence-corrected chi connectivity index (χ1v) is 8.76. The van der Waals surface area contributed by atoms with Gasteiger partial charge >= 0.3 is 0 Å². The fourth-order valence-corrected chi connectivity index (χ4v) is 2.51. The van der Waals surface area contributed by atoms with Gasteiger partial charge in [0.2, 0.25) is 6.41 Å². The summed E-state index contributed by atoms with van der Waals surface area (Å²) in [7, 11) is 0. The predicted molar refractivity (Wildman–Crippen MR) is 94.8 cm³/mol. The van der Waals surface area contributed by atoms with Crippen molar-refractivity contribution in [1.82, 2.24) is 10.6 Å². The van der Waals surface area contributed by atoms with Crippen LogP contribution in [-0.2, 0) is 4.79 Å². The normalized spacial score (nSPS) is 10.4. The first-order chi connectivity index (χ1) is 12.1. The molecule has 0 spiro atoms. The zero-order chi connectivity index (χ0) is 18.5. The second kappa shape index (κ2) is 12.0. The van der Waals surface area contributed by atoms with Crippen LogP contribution in [0.25, 0.3) is 0 Å². The van der Waals surface area contributed by atoms with Crippen LogP contribution in [0.1, 0.15) is 61.7 Å². The Morgan fingerprint density at radius 2 is 1.32 bits per heavy atom. The first-order valence-electron chi connectivity index (χ1n) is 8.76. The van der Waals surface area contributed by atoms with Crippen LogP contribution in [0.3, 0.4) is 0 Å². The van der Waals surface area contributed by atoms with Crippen molar-refractivity contribution in [2.24, 2.45) is 0 Å². The maximum atomic E-state index is 11.9. The van der Waals surface area contributed by atoms with Gasteiger partial charge in [0, 0.05) is 18.7 Å². The van der Waals surface area contributed by atoms with E-state index in [9.17, 15) is 24.9 Å². The summed E-state index contributed by atoms with van der Waals surface area (Å²) in [6.07, 6.45) is 9.40. The highest BCUT2D eigenvalue weighted by atomic mass is 16.3. The molecule has 1 rings (SSSR count). The van der Waals surface area contributed by atoms with Crippen LogP contribution in [0, 0.1) is 0 Å². The van der Waals surface area contributed by atoms with Crippen LogP contribution >= 0.6 is 0 Å². The largest absolute Gasteiger partial charge is 0.504 e. The number of amides is 2. The first kappa shape index (κ1) is 20.6. The van der Waals surface area contributed by atoms with Crippen molar-refractivity contribution >= 4 is 12.3 Å². The molecule has 0 heterocycles. The lowest BCUT2D eigenvalue weighted by Crippen LogP contribution is -2.24. The lowest BCUT2D eigenvalue weighted by Gasteiger charge is -2.07. The lowest BCUT2D eigenvalue weighted by molar-refractivity contribution is -0.109. The molecule has 0 saturated heterocycles. The molecular formula is C18H28N2O5. The molecule has 0 saturated carbocycles. The number of unbranched alkanes of at least 4 members (excludes halogenated alkanes) is 7. The smallest absolute Gasteiger partial charge is 0.251 e. The van der Waals surface area contributed by atoms with E-state index in [0.717, 1.165) is 63.6 Å². The molecule has 0 unspecified atom stereocenters. The van der Waals surface area contributed by atoms with Gasteiger partial charge in [-0.25, -0.2) is 0 Å². The molecule has 0 fully saturated rings. The van der Waals surface area contributed by atoms with E-state index in [1.807, 2.05) is 0 Å². The van der Waals surface area contributed by atoms with Crippen LogP contribution in [0.4, 0.5) is 0 Å². The molecule has 25 heavy (non-hydrogen) atoms. The van der Waals surface area contributed by atoms with Gasteiger partial charge in [-0.3, -0.25) is 9.59 Å². The molecule has 7 nitrogen and oxygen atoms in total. The Balaban J connectivity index is 2.04. The number of hydrogen-bond acceptors (Lipinski definition) is 5. The van der Waals surface area contributed by atoms with Crippen molar-refractivity contribution in [3.8, 4) is 17.2 Å². The summed E-state index contributed by atoms with van der Waals surface area (Å²) in [6, 6.07) is 2.24. The fourth-order valence-electron chi connectivity index (χ4n) is 2.51. The van der Waals surface area contributed by atoms with Crippen molar-refractivity contribution < 1.29 is 24.9 Å². The van der Waals surface area contributed by atoms with Crippen molar-refractivity contribution in [3.05, 3.63) is 17.7 Å². The number of nitrogens with one attached hydrogen (secondary N) is 2. The highest BCUT2D eigenvalue weighted by Crippen LogP contribution is 2.35. The third-order valence-corrected chi connectivity index (χ3v) is 3.95. The SMILES string of the molecule is O=CNCCCCCCCCCCNC(=O)c1cc(O)c(O)c(O)c1. The Labute approximate surface area is 148 Å². The highest BCUT2D eigenvalue weighted by molar-refractivity contribution is 5.95. The van der Waals surface area contributed by atoms with Crippen molar-refractivity contribution in [2.45, 2.75) is 51.4 Å². The summed E-state index contributed by atoms with van der Waals surface area (Å²) in [6.45, 7) is 1.28. The number of phenolic OH excluding ortho intramolecular Hbond substituents is 3. The van der Waals surface area contributed by atoms with Gasteiger partial charge in [0.05, 0.1) is 0 Å². The van der Waals surface area contributed by atoms with Gasteiger partial charge in [0.15, 0.2) is 17.2 Å². The zero-order valence-corrected chi connectivity index (χ0v) is 14.5. The molecule has 1 aromatic carbocycles. The Bertz CT molecular complexity index is 525. The van der Waals surface area contributed by atoms with E-state index in [1.165, 1.54) is 12.8 Å². The second-order valence-corrected chi connectivity index (χ2v) is 6.02. The fraction of sp³-hybridized carbons (Fsp3) is 0.556. The number of rotatable bonds is 13. The van der Waals surface area contributed by atoms with Gasteiger partial charge < -0.3 is 26.0 Å². The van der Waals surface area contributed by atoms with Gasteiger partial charge in [-0.1, -0.05) is 38.5 Å². The Morgan fingerprint density at radius 1 is 0.840 bits per heavy atom. The third kappa shape index (κ3) is 8.28. The molecule has 0 aliphatic heterocycles. The van der Waals surface area contributed by atoms with Crippen LogP contribution < -0.4 is 10.6 Å². The van der Waals surface area contributed by atoms with Crippen LogP contribution in [0.5, 0.6) is 17.2 Å². The maximum absolute atomic E-state index is 11.9. The second-order valence-electron chi connectivity index (χ2n) is 6.02. The molecule has 5 N–H and O–H groups in total. The van der Waals surface area contributed by atoms with Gasteiger partial charge in [-0.15, -0.1) is 0 Å². The third-order valence-electron chi connectivity index (χ3n) is 3.95. The maximum Gasteiger partial charge on any atom is 0.251 e. The van der Waals surface area contributed by atoms with Gasteiger partial charge in [-0.2, -0.15) is 0 Å². The van der Waals surface area contributed by atoms with E-state index in [4.69, 9.17) is 0 Å². The molecule has 0 atom stereocenters. The van der Waals surface area contributed by atoms with Crippen LogP contribution in [0.2, 0.25) is 0 Å². The summed E-state index contributed by atoms with van der Waals surface area (Å²) in [5, 5.41) is 33.4. The van der Waals surface area contributed by atoms with Crippen LogP contribution in [0.15, 0.2) is 12.1 Å². The number of hydrogen-bond donors (Lipinski definition) is 5. The number of aromatic hydroxyl groups is 3. The molecule has 0 aliphatic carbocycles. The van der Waals surface area contributed by atoms with Gasteiger partial charge in [0.25, 0.3) is 5.91 Å². The molecule has 0 aliphatic rings. The average Bonchev–Trinajstić information content (AvgIpc) is 2.60. The van der Waals surface area contributed by atoms with E-state index < -0.39 is 23.2 Å². The summed E-state index contributed by atoms with van der Waals surface area (Å²) in [4.78, 5) is 22.0. The van der Waals surface area contributed by atoms with Crippen molar-refractivity contribution in [3.63, 3.8) is 0 Å². The molecule has 0 radical (unpaired) electrons. The van der Waals surface area contributed by atoms with E-state index in [1.54, 1.807) is 0 Å². The van der Waals surface area contributed by atoms with E-state index in [2.05, 4.69) is 10.6 Å². The quantitative estimate of drug-likeness (QED) is 0.212. The minimum atomic E-state index is -0.628. The van der Waals surface area contributed by atoms with E-state index >= 15 is 0 Å². The standard InChI is InChI=1S/C18H28N2O5/c21-13-19-9-7-5-3-1-2-4-6-8-10-20-18(25)14-11-15(22)17(24)16(23)12-14/h11-13,22-24H,1-10H2,(H,19,21)(H,20,25). The van der Waals surface area contributed by atoms with Gasteiger partial charge in [0.1, 0.15) is 0 Å². The number of carbonyl (C=O) groups excluding carboxylic acids is 2. The predicted octanol–water partition coefficient (Wildman–Crippen LogP) is 2.40. The minimum Gasteiger partial charge on any atom is -0.504 e. The Morgan fingerprint density at radius 3 is 1.84 bits per heavy atom. The lowest BCUT2D eigenvalue weighted by atomic mass is 10.1. The Hall–Kier alpha value is -2.44. The number of benzene rings is 1. The summed E-state index contributed by atoms with van der Waals surface area (Å²) in [5.74, 6) is -2.06. The summed E-state index contributed by atoms with van der Waals surface area (Å²) >= 11 is 0. The summed E-state index contributed by atoms with van der Waals surface area (Å²) < 4.78 is 0. The van der Waals surface area contributed by atoms with E-state index in [-0.39, 0.29) is 5.56 Å². The van der Waals surface area contributed by atoms with Gasteiger partial charge in [-0.05, 0) is 25.0 Å². The van der Waals surface area contributed by atoms with Crippen LogP contribution in [-0.4, -0.2) is 40.7 Å². The zero-order valence-electron chi connectivity index (χ0n) is 14.5. The van der Waals surface area contributed by atoms with E-state index in [0.29, 0.717) is 6.54 Å². The molecule has 1 aromatic rings. The number of carbonyl (C=O) groups is 2. The molecule has 0 aromatic heterocycles. The molecule has 7 heteroatoms. The molecule has 2 amide bonds. The molecule has 140 valence electrons. The monoisotopic (exact) mass is 352 g/mol. The van der Waals surface area contributed by atoms with Crippen molar-refractivity contribution in [2.75, 3.05) is 13.1 Å². The number of phenols is 3. The molecular weight excluding hydrogens is 324 g/mol. The minimum absolute atomic E-state index is 0.108. The Kier molecular flexibility index (Phi) is 9.89. The summed E-state index contributed by atoms with van der Waals surface area (Å²) in [5.41, 5.74) is 0.108. The molecule has 0 bridgehead atoms. The van der Waals surface area contributed by atoms with Crippen molar-refractivity contribution in [1.29, 1.82) is 0 Å². The highest BCUT2D eigenvalue weighted by Gasteiger charge is 2.12.